The quantitative estimate of drug-likeness (QED) is 0.856. The van der Waals surface area contributed by atoms with Gasteiger partial charge in [0, 0.05) is 12.4 Å². The number of carbonyl (C=O) groups is 1. The first-order chi connectivity index (χ1) is 8.27. The summed E-state index contributed by atoms with van der Waals surface area (Å²) in [7, 11) is 0. The van der Waals surface area contributed by atoms with Crippen LogP contribution in [0, 0.1) is 0 Å². The average molecular weight is 233 g/mol. The number of pyridine rings is 1. The molecule has 0 aliphatic heterocycles. The summed E-state index contributed by atoms with van der Waals surface area (Å²) in [4.78, 5) is 14.7. The summed E-state index contributed by atoms with van der Waals surface area (Å²) < 4.78 is 10.4. The molecule has 0 aliphatic carbocycles. The predicted octanol–water partition coefficient (Wildman–Crippen LogP) is 2.09. The van der Waals surface area contributed by atoms with Crippen molar-refractivity contribution in [3.05, 3.63) is 53.7 Å². The monoisotopic (exact) mass is 233 g/mol. The van der Waals surface area contributed by atoms with E-state index < -0.39 is 5.97 Å². The van der Waals surface area contributed by atoms with E-state index in [4.69, 9.17) is 14.3 Å². The second kappa shape index (κ2) is 5.27. The van der Waals surface area contributed by atoms with Gasteiger partial charge >= 0.3 is 5.97 Å². The molecule has 0 atom stereocenters. The van der Waals surface area contributed by atoms with Gasteiger partial charge in [-0.3, -0.25) is 4.98 Å². The molecule has 0 fully saturated rings. The van der Waals surface area contributed by atoms with Gasteiger partial charge in [-0.15, -0.1) is 0 Å². The van der Waals surface area contributed by atoms with Crippen LogP contribution in [0.2, 0.25) is 0 Å². The Bertz CT molecular complexity index is 492. The van der Waals surface area contributed by atoms with Crippen molar-refractivity contribution < 1.29 is 19.1 Å². The zero-order valence-corrected chi connectivity index (χ0v) is 9.00. The third-order valence-electron chi connectivity index (χ3n) is 2.20. The fourth-order valence-corrected chi connectivity index (χ4v) is 1.39. The van der Waals surface area contributed by atoms with Crippen molar-refractivity contribution in [1.29, 1.82) is 0 Å². The number of furan rings is 1. The summed E-state index contributed by atoms with van der Waals surface area (Å²) in [5.41, 5.74) is 1.06. The van der Waals surface area contributed by atoms with E-state index >= 15 is 0 Å². The van der Waals surface area contributed by atoms with Crippen LogP contribution in [0.4, 0.5) is 0 Å². The van der Waals surface area contributed by atoms with Crippen LogP contribution in [-0.4, -0.2) is 16.1 Å². The average Bonchev–Trinajstić information content (AvgIpc) is 2.79. The van der Waals surface area contributed by atoms with Crippen LogP contribution in [0.3, 0.4) is 0 Å². The third-order valence-corrected chi connectivity index (χ3v) is 2.20. The maximum absolute atomic E-state index is 10.8. The highest BCUT2D eigenvalue weighted by Gasteiger charge is 2.12. The van der Waals surface area contributed by atoms with Crippen LogP contribution in [0.1, 0.15) is 21.7 Å². The summed E-state index contributed by atoms with van der Waals surface area (Å²) in [6.07, 6.45) is 4.71. The van der Waals surface area contributed by atoms with Gasteiger partial charge in [0.05, 0.1) is 12.9 Å². The molecule has 2 rings (SSSR count). The second-order valence-corrected chi connectivity index (χ2v) is 3.42. The van der Waals surface area contributed by atoms with E-state index in [1.807, 2.05) is 12.1 Å². The molecule has 0 radical (unpaired) electrons. The van der Waals surface area contributed by atoms with Crippen molar-refractivity contribution in [2.75, 3.05) is 0 Å². The second-order valence-electron chi connectivity index (χ2n) is 3.42. The SMILES string of the molecule is O=C(O)c1ccoc1COCc1cccnc1. The summed E-state index contributed by atoms with van der Waals surface area (Å²) in [5.74, 6) is -0.694. The Kier molecular flexibility index (Phi) is 3.52. The van der Waals surface area contributed by atoms with Crippen LogP contribution in [0.25, 0.3) is 0 Å². The van der Waals surface area contributed by atoms with Crippen molar-refractivity contribution in [2.45, 2.75) is 13.2 Å². The lowest BCUT2D eigenvalue weighted by Crippen LogP contribution is -2.01. The Morgan fingerprint density at radius 2 is 2.29 bits per heavy atom. The highest BCUT2D eigenvalue weighted by Crippen LogP contribution is 2.12. The topological polar surface area (TPSA) is 72.6 Å². The van der Waals surface area contributed by atoms with Crippen LogP contribution >= 0.6 is 0 Å². The first-order valence-corrected chi connectivity index (χ1v) is 5.03. The molecule has 0 saturated carbocycles. The number of carboxylic acid groups (broad SMARTS) is 1. The summed E-state index contributed by atoms with van der Waals surface area (Å²) in [6.45, 7) is 0.497. The minimum Gasteiger partial charge on any atom is -0.478 e. The van der Waals surface area contributed by atoms with Gasteiger partial charge in [-0.05, 0) is 17.7 Å². The molecule has 2 heterocycles. The molecule has 88 valence electrons. The summed E-state index contributed by atoms with van der Waals surface area (Å²) in [5, 5.41) is 8.85. The standard InChI is InChI=1S/C12H11NO4/c14-12(15)10-3-5-17-11(10)8-16-7-9-2-1-4-13-6-9/h1-6H,7-8H2,(H,14,15). The fraction of sp³-hybridized carbons (Fsp3) is 0.167. The molecule has 5 nitrogen and oxygen atoms in total. The highest BCUT2D eigenvalue weighted by atomic mass is 16.5. The Hall–Kier alpha value is -2.14. The fourth-order valence-electron chi connectivity index (χ4n) is 1.39. The minimum absolute atomic E-state index is 0.128. The number of aromatic nitrogens is 1. The van der Waals surface area contributed by atoms with Crippen molar-refractivity contribution in [3.8, 4) is 0 Å². The molecule has 0 amide bonds. The highest BCUT2D eigenvalue weighted by molar-refractivity contribution is 5.88. The van der Waals surface area contributed by atoms with Crippen molar-refractivity contribution in [1.82, 2.24) is 4.98 Å². The zero-order chi connectivity index (χ0) is 12.1. The number of ether oxygens (including phenoxy) is 1. The van der Waals surface area contributed by atoms with E-state index in [0.29, 0.717) is 12.4 Å². The van der Waals surface area contributed by atoms with Gasteiger partial charge in [-0.1, -0.05) is 6.07 Å². The summed E-state index contributed by atoms with van der Waals surface area (Å²) in [6, 6.07) is 5.10. The largest absolute Gasteiger partial charge is 0.478 e. The van der Waals surface area contributed by atoms with Crippen LogP contribution in [0.15, 0.2) is 41.3 Å². The van der Waals surface area contributed by atoms with Gasteiger partial charge in [0.2, 0.25) is 0 Å². The Morgan fingerprint density at radius 3 is 3.00 bits per heavy atom. The van der Waals surface area contributed by atoms with E-state index in [1.54, 1.807) is 12.4 Å². The molecule has 0 spiro atoms. The molecule has 2 aromatic heterocycles. The Balaban J connectivity index is 1.90. The van der Waals surface area contributed by atoms with Crippen molar-refractivity contribution >= 4 is 5.97 Å². The number of aromatic carboxylic acids is 1. The van der Waals surface area contributed by atoms with Crippen LogP contribution in [0.5, 0.6) is 0 Å². The first kappa shape index (κ1) is 11.3. The lowest BCUT2D eigenvalue weighted by Gasteiger charge is -2.02. The number of rotatable bonds is 5. The van der Waals surface area contributed by atoms with E-state index in [9.17, 15) is 4.79 Å². The molecule has 0 aliphatic rings. The molecule has 2 aromatic rings. The maximum atomic E-state index is 10.8. The number of carboxylic acids is 1. The number of hydrogen-bond acceptors (Lipinski definition) is 4. The van der Waals surface area contributed by atoms with Crippen molar-refractivity contribution in [2.24, 2.45) is 0 Å². The normalized spacial score (nSPS) is 10.4. The predicted molar refractivity (Wildman–Crippen MR) is 58.4 cm³/mol. The van der Waals surface area contributed by atoms with Crippen molar-refractivity contribution in [3.63, 3.8) is 0 Å². The zero-order valence-electron chi connectivity index (χ0n) is 9.00. The third kappa shape index (κ3) is 2.92. The molecule has 17 heavy (non-hydrogen) atoms. The molecular weight excluding hydrogens is 222 g/mol. The first-order valence-electron chi connectivity index (χ1n) is 5.03. The van der Waals surface area contributed by atoms with E-state index in [0.717, 1.165) is 5.56 Å². The molecule has 1 N–H and O–H groups in total. The minimum atomic E-state index is -1.02. The Labute approximate surface area is 97.7 Å². The lowest BCUT2D eigenvalue weighted by molar-refractivity contribution is 0.0671. The van der Waals surface area contributed by atoms with Crippen LogP contribution in [-0.2, 0) is 18.0 Å². The smallest absolute Gasteiger partial charge is 0.339 e. The number of nitrogens with zero attached hydrogens (tertiary/aromatic N) is 1. The van der Waals surface area contributed by atoms with E-state index in [1.165, 1.54) is 12.3 Å². The lowest BCUT2D eigenvalue weighted by atomic mass is 10.2. The summed E-state index contributed by atoms with van der Waals surface area (Å²) >= 11 is 0. The molecule has 0 saturated heterocycles. The number of hydrogen-bond donors (Lipinski definition) is 1. The molecular formula is C12H11NO4. The van der Waals surface area contributed by atoms with E-state index in [-0.39, 0.29) is 12.2 Å². The molecule has 0 aromatic carbocycles. The molecule has 5 heteroatoms. The maximum Gasteiger partial charge on any atom is 0.339 e. The Morgan fingerprint density at radius 1 is 1.41 bits per heavy atom. The van der Waals surface area contributed by atoms with Gasteiger partial charge in [0.15, 0.2) is 0 Å². The van der Waals surface area contributed by atoms with Gasteiger partial charge in [0.25, 0.3) is 0 Å². The molecule has 0 unspecified atom stereocenters. The van der Waals surface area contributed by atoms with Gasteiger partial charge in [0.1, 0.15) is 17.9 Å². The molecule has 0 bridgehead atoms. The van der Waals surface area contributed by atoms with E-state index in [2.05, 4.69) is 4.98 Å². The van der Waals surface area contributed by atoms with Crippen LogP contribution < -0.4 is 0 Å². The van der Waals surface area contributed by atoms with Gasteiger partial charge in [-0.25, -0.2) is 4.79 Å². The van der Waals surface area contributed by atoms with Gasteiger partial charge in [-0.2, -0.15) is 0 Å². The van der Waals surface area contributed by atoms with Gasteiger partial charge < -0.3 is 14.3 Å².